The van der Waals surface area contributed by atoms with E-state index in [1.54, 1.807) is 12.1 Å². The Morgan fingerprint density at radius 1 is 1.18 bits per heavy atom. The van der Waals surface area contributed by atoms with Gasteiger partial charge in [0.05, 0.1) is 34.5 Å². The lowest BCUT2D eigenvalue weighted by Crippen LogP contribution is -2.35. The summed E-state index contributed by atoms with van der Waals surface area (Å²) in [5, 5.41) is 11.7. The van der Waals surface area contributed by atoms with Crippen molar-refractivity contribution in [1.82, 2.24) is 4.90 Å². The van der Waals surface area contributed by atoms with Gasteiger partial charge in [-0.2, -0.15) is 0 Å². The number of amides is 1. The largest absolute Gasteiger partial charge is 0.493 e. The van der Waals surface area contributed by atoms with Gasteiger partial charge < -0.3 is 24.6 Å². The third-order valence-electron chi connectivity index (χ3n) is 3.18. The highest BCUT2D eigenvalue weighted by Gasteiger charge is 2.15. The molecule has 7 heteroatoms. The lowest BCUT2D eigenvalue weighted by molar-refractivity contribution is -0.117. The van der Waals surface area contributed by atoms with Crippen LogP contribution in [-0.2, 0) is 4.79 Å². The molecular weight excluding hydrogens is 288 g/mol. The number of hydrogen-bond donors (Lipinski definition) is 2. The van der Waals surface area contributed by atoms with Crippen LogP contribution >= 0.6 is 0 Å². The first kappa shape index (κ1) is 18.1. The number of hydrogen-bond acceptors (Lipinski definition) is 6. The van der Waals surface area contributed by atoms with E-state index in [0.29, 0.717) is 36.0 Å². The second-order valence-corrected chi connectivity index (χ2v) is 4.55. The van der Waals surface area contributed by atoms with E-state index in [2.05, 4.69) is 5.32 Å². The molecular formula is C15H24N2O5. The SMILES string of the molecule is CCN(CCO)CC(=O)Nc1cc(OC)c(OC)c(OC)c1. The molecule has 0 aliphatic carbocycles. The number of rotatable bonds is 9. The maximum atomic E-state index is 12.1. The van der Waals surface area contributed by atoms with Crippen LogP contribution < -0.4 is 19.5 Å². The summed E-state index contributed by atoms with van der Waals surface area (Å²) in [6, 6.07) is 3.34. The summed E-state index contributed by atoms with van der Waals surface area (Å²) in [7, 11) is 4.55. The van der Waals surface area contributed by atoms with E-state index < -0.39 is 0 Å². The second kappa shape index (κ2) is 9.11. The molecule has 1 amide bonds. The van der Waals surface area contributed by atoms with E-state index in [1.165, 1.54) is 21.3 Å². The van der Waals surface area contributed by atoms with Gasteiger partial charge in [-0.1, -0.05) is 6.92 Å². The lowest BCUT2D eigenvalue weighted by atomic mass is 10.2. The minimum atomic E-state index is -0.176. The molecule has 0 aliphatic rings. The van der Waals surface area contributed by atoms with E-state index in [4.69, 9.17) is 19.3 Å². The number of methoxy groups -OCH3 is 3. The minimum Gasteiger partial charge on any atom is -0.493 e. The first-order chi connectivity index (χ1) is 10.6. The molecule has 0 saturated carbocycles. The highest BCUT2D eigenvalue weighted by Crippen LogP contribution is 2.39. The van der Waals surface area contributed by atoms with Crippen LogP contribution in [0, 0.1) is 0 Å². The van der Waals surface area contributed by atoms with Crippen LogP contribution in [0.15, 0.2) is 12.1 Å². The summed E-state index contributed by atoms with van der Waals surface area (Å²) < 4.78 is 15.7. The molecule has 7 nitrogen and oxygen atoms in total. The maximum Gasteiger partial charge on any atom is 0.238 e. The molecule has 124 valence electrons. The summed E-state index contributed by atoms with van der Waals surface area (Å²) >= 11 is 0. The standard InChI is InChI=1S/C15H24N2O5/c1-5-17(6-7-18)10-14(19)16-11-8-12(20-2)15(22-4)13(9-11)21-3/h8-9,18H,5-7,10H2,1-4H3,(H,16,19). The van der Waals surface area contributed by atoms with Gasteiger partial charge in [0.1, 0.15) is 0 Å². The van der Waals surface area contributed by atoms with Gasteiger partial charge in [0.2, 0.25) is 11.7 Å². The van der Waals surface area contributed by atoms with Gasteiger partial charge in [0.15, 0.2) is 11.5 Å². The molecule has 0 atom stereocenters. The van der Waals surface area contributed by atoms with Crippen LogP contribution in [-0.4, -0.2) is 63.5 Å². The first-order valence-electron chi connectivity index (χ1n) is 7.02. The summed E-state index contributed by atoms with van der Waals surface area (Å²) in [4.78, 5) is 13.9. The topological polar surface area (TPSA) is 80.3 Å². The predicted octanol–water partition coefficient (Wildman–Crippen LogP) is 0.965. The maximum absolute atomic E-state index is 12.1. The predicted molar refractivity (Wildman–Crippen MR) is 83.9 cm³/mol. The second-order valence-electron chi connectivity index (χ2n) is 4.55. The van der Waals surface area contributed by atoms with Gasteiger partial charge >= 0.3 is 0 Å². The molecule has 0 radical (unpaired) electrons. The quantitative estimate of drug-likeness (QED) is 0.707. The number of nitrogens with one attached hydrogen (secondary N) is 1. The molecule has 0 aromatic heterocycles. The number of benzene rings is 1. The molecule has 0 bridgehead atoms. The average Bonchev–Trinajstić information content (AvgIpc) is 2.53. The van der Waals surface area contributed by atoms with E-state index in [1.807, 2.05) is 11.8 Å². The molecule has 0 aliphatic heterocycles. The molecule has 0 spiro atoms. The Kier molecular flexibility index (Phi) is 7.48. The van der Waals surface area contributed by atoms with E-state index in [0.717, 1.165) is 0 Å². The molecule has 2 N–H and O–H groups in total. The third kappa shape index (κ3) is 4.78. The van der Waals surface area contributed by atoms with Crippen LogP contribution in [0.1, 0.15) is 6.92 Å². The molecule has 1 aromatic carbocycles. The third-order valence-corrected chi connectivity index (χ3v) is 3.18. The van der Waals surface area contributed by atoms with Crippen LogP contribution in [0.5, 0.6) is 17.2 Å². The zero-order valence-electron chi connectivity index (χ0n) is 13.5. The van der Waals surface area contributed by atoms with Gasteiger partial charge in [0.25, 0.3) is 0 Å². The Morgan fingerprint density at radius 2 is 1.77 bits per heavy atom. The number of aliphatic hydroxyl groups excluding tert-OH is 1. The van der Waals surface area contributed by atoms with Gasteiger partial charge in [0, 0.05) is 24.4 Å². The molecule has 0 saturated heterocycles. The van der Waals surface area contributed by atoms with E-state index >= 15 is 0 Å². The Morgan fingerprint density at radius 3 is 2.18 bits per heavy atom. The zero-order valence-corrected chi connectivity index (χ0v) is 13.5. The molecule has 1 rings (SSSR count). The smallest absolute Gasteiger partial charge is 0.238 e. The summed E-state index contributed by atoms with van der Waals surface area (Å²) in [5.74, 6) is 1.24. The van der Waals surface area contributed by atoms with Crippen molar-refractivity contribution in [2.45, 2.75) is 6.92 Å². The van der Waals surface area contributed by atoms with Crippen molar-refractivity contribution in [3.05, 3.63) is 12.1 Å². The molecule has 0 fully saturated rings. The number of likely N-dealkylation sites (N-methyl/N-ethyl adjacent to an activating group) is 1. The van der Waals surface area contributed by atoms with Crippen molar-refractivity contribution in [3.8, 4) is 17.2 Å². The number of carbonyl (C=O) groups is 1. The van der Waals surface area contributed by atoms with Crippen molar-refractivity contribution >= 4 is 11.6 Å². The van der Waals surface area contributed by atoms with Crippen LogP contribution in [0.25, 0.3) is 0 Å². The summed E-state index contributed by atoms with van der Waals surface area (Å²) in [6.07, 6.45) is 0. The first-order valence-corrected chi connectivity index (χ1v) is 7.02. The number of ether oxygens (including phenoxy) is 3. The Hall–Kier alpha value is -1.99. The van der Waals surface area contributed by atoms with Crippen molar-refractivity contribution < 1.29 is 24.1 Å². The molecule has 0 unspecified atom stereocenters. The van der Waals surface area contributed by atoms with E-state index in [-0.39, 0.29) is 19.1 Å². The Bertz CT molecular complexity index is 468. The van der Waals surface area contributed by atoms with Gasteiger partial charge in [-0.05, 0) is 6.54 Å². The Labute approximate surface area is 130 Å². The summed E-state index contributed by atoms with van der Waals surface area (Å²) in [5.41, 5.74) is 0.555. The monoisotopic (exact) mass is 312 g/mol. The normalized spacial score (nSPS) is 10.5. The highest BCUT2D eigenvalue weighted by molar-refractivity contribution is 5.93. The lowest BCUT2D eigenvalue weighted by Gasteiger charge is -2.19. The van der Waals surface area contributed by atoms with Crippen molar-refractivity contribution in [3.63, 3.8) is 0 Å². The number of nitrogens with zero attached hydrogens (tertiary/aromatic N) is 1. The van der Waals surface area contributed by atoms with Gasteiger partial charge in [-0.15, -0.1) is 0 Å². The molecule has 1 aromatic rings. The Balaban J connectivity index is 2.86. The highest BCUT2D eigenvalue weighted by atomic mass is 16.5. The van der Waals surface area contributed by atoms with E-state index in [9.17, 15) is 4.79 Å². The fraction of sp³-hybridized carbons (Fsp3) is 0.533. The number of carbonyl (C=O) groups excluding carboxylic acids is 1. The summed E-state index contributed by atoms with van der Waals surface area (Å²) in [6.45, 7) is 3.30. The fourth-order valence-corrected chi connectivity index (χ4v) is 2.05. The van der Waals surface area contributed by atoms with Crippen molar-refractivity contribution in [2.75, 3.05) is 52.9 Å². The van der Waals surface area contributed by atoms with Gasteiger partial charge in [-0.25, -0.2) is 0 Å². The molecule has 22 heavy (non-hydrogen) atoms. The minimum absolute atomic E-state index is 0.0191. The van der Waals surface area contributed by atoms with Crippen molar-refractivity contribution in [2.24, 2.45) is 0 Å². The van der Waals surface area contributed by atoms with Crippen LogP contribution in [0.3, 0.4) is 0 Å². The number of aliphatic hydroxyl groups is 1. The van der Waals surface area contributed by atoms with Crippen molar-refractivity contribution in [1.29, 1.82) is 0 Å². The number of anilines is 1. The molecule has 0 heterocycles. The van der Waals surface area contributed by atoms with Crippen LogP contribution in [0.2, 0.25) is 0 Å². The van der Waals surface area contributed by atoms with Crippen LogP contribution in [0.4, 0.5) is 5.69 Å². The zero-order chi connectivity index (χ0) is 16.5. The van der Waals surface area contributed by atoms with Gasteiger partial charge in [-0.3, -0.25) is 9.69 Å². The fourth-order valence-electron chi connectivity index (χ4n) is 2.05. The average molecular weight is 312 g/mol.